The summed E-state index contributed by atoms with van der Waals surface area (Å²) < 4.78 is 55.7. The van der Waals surface area contributed by atoms with Crippen molar-refractivity contribution in [2.75, 3.05) is 21.7 Å². The molecular formula is C27H25N3O8S2. The fraction of sp³-hybridized carbons (Fsp3) is 0.148. The number of pyridine rings is 1. The van der Waals surface area contributed by atoms with Gasteiger partial charge in [-0.1, -0.05) is 59.7 Å². The Morgan fingerprint density at radius 3 is 1.57 bits per heavy atom. The summed E-state index contributed by atoms with van der Waals surface area (Å²) in [7, 11) is -8.82. The van der Waals surface area contributed by atoms with E-state index < -0.39 is 45.1 Å². The van der Waals surface area contributed by atoms with Crippen molar-refractivity contribution in [1.29, 1.82) is 0 Å². The van der Waals surface area contributed by atoms with Gasteiger partial charge in [0.15, 0.2) is 5.82 Å². The number of anilines is 2. The van der Waals surface area contributed by atoms with Gasteiger partial charge in [-0.2, -0.15) is 0 Å². The Morgan fingerprint density at radius 1 is 0.675 bits per heavy atom. The van der Waals surface area contributed by atoms with Crippen LogP contribution in [0.3, 0.4) is 0 Å². The van der Waals surface area contributed by atoms with Crippen LogP contribution in [-0.4, -0.2) is 57.1 Å². The van der Waals surface area contributed by atoms with Crippen molar-refractivity contribution in [2.24, 2.45) is 0 Å². The summed E-state index contributed by atoms with van der Waals surface area (Å²) in [6.07, 6.45) is 1.03. The summed E-state index contributed by atoms with van der Waals surface area (Å²) in [6, 6.07) is 17.7. The molecule has 4 aromatic rings. The molecule has 0 aliphatic heterocycles. The van der Waals surface area contributed by atoms with E-state index in [-0.39, 0.29) is 32.1 Å². The summed E-state index contributed by atoms with van der Waals surface area (Å²) in [5.74, 6) is -3.14. The molecule has 0 bridgehead atoms. The highest BCUT2D eigenvalue weighted by atomic mass is 32.2. The lowest BCUT2D eigenvalue weighted by Crippen LogP contribution is -2.37. The van der Waals surface area contributed by atoms with Crippen molar-refractivity contribution in [3.8, 4) is 0 Å². The monoisotopic (exact) mass is 583 g/mol. The molecule has 0 unspecified atom stereocenters. The Balaban J connectivity index is 1.95. The third-order valence-corrected chi connectivity index (χ3v) is 9.56. The van der Waals surface area contributed by atoms with Crippen molar-refractivity contribution in [3.63, 3.8) is 0 Å². The van der Waals surface area contributed by atoms with Crippen molar-refractivity contribution in [2.45, 2.75) is 23.6 Å². The summed E-state index contributed by atoms with van der Waals surface area (Å²) in [5.41, 5.74) is 1.48. The molecule has 0 spiro atoms. The number of rotatable bonds is 10. The molecule has 0 atom stereocenters. The van der Waals surface area contributed by atoms with Gasteiger partial charge in [0.1, 0.15) is 13.1 Å². The predicted molar refractivity (Wildman–Crippen MR) is 148 cm³/mol. The van der Waals surface area contributed by atoms with E-state index >= 15 is 0 Å². The molecule has 1 aromatic heterocycles. The summed E-state index contributed by atoms with van der Waals surface area (Å²) in [6.45, 7) is 1.64. The second-order valence-electron chi connectivity index (χ2n) is 8.95. The second kappa shape index (κ2) is 10.9. The molecule has 0 aliphatic rings. The van der Waals surface area contributed by atoms with E-state index in [9.17, 15) is 36.6 Å². The van der Waals surface area contributed by atoms with Crippen LogP contribution in [0.1, 0.15) is 11.1 Å². The first-order chi connectivity index (χ1) is 18.8. The van der Waals surface area contributed by atoms with Crippen molar-refractivity contribution in [1.82, 2.24) is 4.98 Å². The minimum absolute atomic E-state index is 0.103. The van der Waals surface area contributed by atoms with Gasteiger partial charge in [0.2, 0.25) is 0 Å². The number of carboxylic acids is 2. The maximum Gasteiger partial charge on any atom is 0.324 e. The Labute approximate surface area is 231 Å². The number of carbonyl (C=O) groups is 2. The van der Waals surface area contributed by atoms with E-state index in [0.717, 1.165) is 17.3 Å². The van der Waals surface area contributed by atoms with Gasteiger partial charge in [-0.05, 0) is 38.1 Å². The Hall–Kier alpha value is -4.49. The van der Waals surface area contributed by atoms with Gasteiger partial charge in [-0.25, -0.2) is 26.1 Å². The van der Waals surface area contributed by atoms with E-state index in [4.69, 9.17) is 0 Å². The average Bonchev–Trinajstić information content (AvgIpc) is 2.90. The number of benzene rings is 3. The van der Waals surface area contributed by atoms with E-state index in [2.05, 4.69) is 4.98 Å². The molecule has 0 saturated heterocycles. The SMILES string of the molecule is Cc1ccc(S(=O)(=O)N(CC(=O)O)c2cnc(N(CC(=O)O)S(=O)(=O)c3ccc(C)cc3)c3ccccc23)cc1. The first kappa shape index (κ1) is 28.5. The van der Waals surface area contributed by atoms with Crippen LogP contribution in [0.4, 0.5) is 11.5 Å². The Bertz CT molecular complexity index is 1670. The fourth-order valence-electron chi connectivity index (χ4n) is 4.05. The molecule has 208 valence electrons. The quantitative estimate of drug-likeness (QED) is 0.285. The third-order valence-electron chi connectivity index (χ3n) is 6.03. The number of nitrogens with zero attached hydrogens (tertiary/aromatic N) is 3. The fourth-order valence-corrected chi connectivity index (χ4v) is 6.86. The molecule has 13 heteroatoms. The molecule has 1 heterocycles. The topological polar surface area (TPSA) is 162 Å². The summed E-state index contributed by atoms with van der Waals surface area (Å²) in [4.78, 5) is 27.4. The zero-order valence-corrected chi connectivity index (χ0v) is 23.1. The van der Waals surface area contributed by atoms with Crippen LogP contribution >= 0.6 is 0 Å². The minimum atomic E-state index is -4.42. The van der Waals surface area contributed by atoms with Gasteiger partial charge in [0, 0.05) is 10.8 Å². The van der Waals surface area contributed by atoms with Crippen molar-refractivity contribution in [3.05, 3.63) is 90.1 Å². The largest absolute Gasteiger partial charge is 0.480 e. The molecule has 2 N–H and O–H groups in total. The highest BCUT2D eigenvalue weighted by Crippen LogP contribution is 2.36. The van der Waals surface area contributed by atoms with Crippen LogP contribution < -0.4 is 8.61 Å². The smallest absolute Gasteiger partial charge is 0.324 e. The number of aromatic nitrogens is 1. The van der Waals surface area contributed by atoms with Crippen LogP contribution in [0.25, 0.3) is 10.8 Å². The van der Waals surface area contributed by atoms with E-state index in [1.54, 1.807) is 50.2 Å². The number of aryl methyl sites for hydroxylation is 2. The van der Waals surface area contributed by atoms with Gasteiger partial charge >= 0.3 is 11.9 Å². The first-order valence-corrected chi connectivity index (χ1v) is 14.7. The van der Waals surface area contributed by atoms with Gasteiger partial charge in [-0.15, -0.1) is 0 Å². The van der Waals surface area contributed by atoms with Gasteiger partial charge in [0.25, 0.3) is 20.0 Å². The highest BCUT2D eigenvalue weighted by molar-refractivity contribution is 7.93. The van der Waals surface area contributed by atoms with E-state index in [0.29, 0.717) is 8.61 Å². The maximum atomic E-state index is 13.6. The van der Waals surface area contributed by atoms with Crippen LogP contribution in [-0.2, 0) is 29.6 Å². The van der Waals surface area contributed by atoms with Crippen LogP contribution in [0.5, 0.6) is 0 Å². The van der Waals surface area contributed by atoms with Crippen LogP contribution in [0.2, 0.25) is 0 Å². The molecule has 40 heavy (non-hydrogen) atoms. The van der Waals surface area contributed by atoms with Gasteiger partial charge < -0.3 is 10.2 Å². The molecule has 11 nitrogen and oxygen atoms in total. The van der Waals surface area contributed by atoms with E-state index in [1.807, 2.05) is 0 Å². The maximum absolute atomic E-state index is 13.6. The molecule has 0 radical (unpaired) electrons. The van der Waals surface area contributed by atoms with Crippen molar-refractivity contribution < 1.29 is 36.6 Å². The average molecular weight is 584 g/mol. The number of carboxylic acid groups (broad SMARTS) is 2. The Kier molecular flexibility index (Phi) is 7.80. The lowest BCUT2D eigenvalue weighted by atomic mass is 10.1. The molecule has 3 aromatic carbocycles. The lowest BCUT2D eigenvalue weighted by molar-refractivity contribution is -0.136. The molecule has 0 amide bonds. The number of aliphatic carboxylic acids is 2. The normalized spacial score (nSPS) is 11.8. The summed E-state index contributed by atoms with van der Waals surface area (Å²) >= 11 is 0. The molecule has 0 saturated carbocycles. The summed E-state index contributed by atoms with van der Waals surface area (Å²) in [5, 5.41) is 19.4. The Morgan fingerprint density at radius 2 is 1.10 bits per heavy atom. The number of sulfonamides is 2. The predicted octanol–water partition coefficient (Wildman–Crippen LogP) is 3.41. The number of fused-ring (bicyclic) bond motifs is 1. The zero-order chi connectivity index (χ0) is 29.2. The third kappa shape index (κ3) is 5.60. The zero-order valence-electron chi connectivity index (χ0n) is 21.4. The first-order valence-electron chi connectivity index (χ1n) is 11.8. The lowest BCUT2D eigenvalue weighted by Gasteiger charge is -2.27. The molecule has 0 fully saturated rings. The van der Waals surface area contributed by atoms with E-state index in [1.165, 1.54) is 36.4 Å². The number of hydrogen-bond acceptors (Lipinski definition) is 7. The second-order valence-corrected chi connectivity index (χ2v) is 12.7. The van der Waals surface area contributed by atoms with Crippen molar-refractivity contribution >= 4 is 54.3 Å². The van der Waals surface area contributed by atoms with Crippen LogP contribution in [0, 0.1) is 13.8 Å². The van der Waals surface area contributed by atoms with Crippen LogP contribution in [0.15, 0.2) is 88.8 Å². The number of hydrogen-bond donors (Lipinski definition) is 2. The van der Waals surface area contributed by atoms with Gasteiger partial charge in [0.05, 0.1) is 21.7 Å². The minimum Gasteiger partial charge on any atom is -0.480 e. The standard InChI is InChI=1S/C27H25N3O8S2/c1-18-7-11-20(12-8-18)39(35,36)29(16-25(31)32)24-15-28-27(23-6-4-3-5-22(23)24)30(17-26(33)34)40(37,38)21-13-9-19(2)10-14-21/h3-15H,16-17H2,1-2H3,(H,31,32)(H,33,34). The molecular weight excluding hydrogens is 558 g/mol. The highest BCUT2D eigenvalue weighted by Gasteiger charge is 2.33. The van der Waals surface area contributed by atoms with Gasteiger partial charge in [-0.3, -0.25) is 13.9 Å². The molecule has 0 aliphatic carbocycles. The molecule has 4 rings (SSSR count).